The second-order valence-corrected chi connectivity index (χ2v) is 8.08. The Morgan fingerprint density at radius 2 is 1.68 bits per heavy atom. The van der Waals surface area contributed by atoms with Crippen LogP contribution in [0.2, 0.25) is 5.02 Å². The number of nitrogens with one attached hydrogen (secondary N) is 1. The number of anilines is 1. The minimum Gasteiger partial charge on any atom is -0.352 e. The van der Waals surface area contributed by atoms with Gasteiger partial charge < -0.3 is 10.2 Å². The first-order valence-corrected chi connectivity index (χ1v) is 9.14. The van der Waals surface area contributed by atoms with E-state index < -0.39 is 0 Å². The molecule has 3 nitrogen and oxygen atoms in total. The highest BCUT2D eigenvalue weighted by Gasteiger charge is 2.39. The second-order valence-electron chi connectivity index (χ2n) is 7.64. The van der Waals surface area contributed by atoms with Crippen molar-refractivity contribution >= 4 is 23.2 Å². The fourth-order valence-corrected chi connectivity index (χ4v) is 3.62. The van der Waals surface area contributed by atoms with Crippen LogP contribution < -0.4 is 10.2 Å². The molecule has 4 heteroatoms. The molecule has 1 saturated heterocycles. The van der Waals surface area contributed by atoms with Crippen LogP contribution in [0.15, 0.2) is 54.6 Å². The molecular weight excluding hydrogens is 332 g/mol. The van der Waals surface area contributed by atoms with Crippen LogP contribution in [-0.4, -0.2) is 17.5 Å². The molecule has 2 unspecified atom stereocenters. The van der Waals surface area contributed by atoms with Crippen molar-refractivity contribution in [3.8, 4) is 0 Å². The van der Waals surface area contributed by atoms with E-state index in [0.29, 0.717) is 5.02 Å². The fourth-order valence-electron chi connectivity index (χ4n) is 3.50. The Labute approximate surface area is 155 Å². The number of hydrogen-bond acceptors (Lipinski definition) is 2. The van der Waals surface area contributed by atoms with E-state index in [1.54, 1.807) is 0 Å². The average Bonchev–Trinajstić information content (AvgIpc) is 3.00. The van der Waals surface area contributed by atoms with E-state index in [4.69, 9.17) is 11.6 Å². The number of amides is 1. The van der Waals surface area contributed by atoms with Crippen LogP contribution in [0.3, 0.4) is 0 Å². The van der Waals surface area contributed by atoms with Gasteiger partial charge in [0.1, 0.15) is 6.04 Å². The molecule has 0 bridgehead atoms. The fraction of sp³-hybridized carbons (Fsp3) is 0.381. The normalized spacial score (nSPS) is 20.6. The third kappa shape index (κ3) is 4.16. The van der Waals surface area contributed by atoms with Gasteiger partial charge in [-0.15, -0.1) is 0 Å². The summed E-state index contributed by atoms with van der Waals surface area (Å²) in [6, 6.07) is 18.2. The zero-order valence-corrected chi connectivity index (χ0v) is 15.8. The van der Waals surface area contributed by atoms with Crippen LogP contribution in [0.5, 0.6) is 0 Å². The molecule has 1 fully saturated rings. The molecule has 2 aromatic carbocycles. The van der Waals surface area contributed by atoms with E-state index in [9.17, 15) is 4.79 Å². The summed E-state index contributed by atoms with van der Waals surface area (Å²) < 4.78 is 0. The lowest BCUT2D eigenvalue weighted by atomic mass is 10.0. The minimum atomic E-state index is -0.242. The highest BCUT2D eigenvalue weighted by atomic mass is 35.5. The van der Waals surface area contributed by atoms with Gasteiger partial charge in [0, 0.05) is 16.2 Å². The number of carbonyl (C=O) groups excluding carboxylic acids is 1. The summed E-state index contributed by atoms with van der Waals surface area (Å²) in [7, 11) is 0. The summed E-state index contributed by atoms with van der Waals surface area (Å²) in [6.07, 6.45) is 1.79. The Kier molecular flexibility index (Phi) is 5.05. The number of halogens is 1. The summed E-state index contributed by atoms with van der Waals surface area (Å²) in [6.45, 7) is 6.05. The van der Waals surface area contributed by atoms with Gasteiger partial charge in [-0.2, -0.15) is 0 Å². The average molecular weight is 357 g/mol. The molecule has 1 aliphatic heterocycles. The number of nitrogens with zero attached hydrogens (tertiary/aromatic N) is 1. The number of carbonyl (C=O) groups is 1. The van der Waals surface area contributed by atoms with Crippen LogP contribution >= 0.6 is 11.6 Å². The van der Waals surface area contributed by atoms with E-state index >= 15 is 0 Å². The monoisotopic (exact) mass is 356 g/mol. The molecule has 2 aromatic rings. The van der Waals surface area contributed by atoms with Crippen molar-refractivity contribution in [3.05, 3.63) is 65.2 Å². The van der Waals surface area contributed by atoms with Gasteiger partial charge in [0.05, 0.1) is 6.04 Å². The summed E-state index contributed by atoms with van der Waals surface area (Å²) >= 11 is 6.06. The zero-order valence-electron chi connectivity index (χ0n) is 15.0. The molecule has 0 saturated carbocycles. The first kappa shape index (κ1) is 17.8. The Bertz CT molecular complexity index is 722. The molecule has 0 spiro atoms. The highest BCUT2D eigenvalue weighted by molar-refractivity contribution is 6.30. The number of hydrogen-bond donors (Lipinski definition) is 1. The van der Waals surface area contributed by atoms with Crippen molar-refractivity contribution in [2.45, 2.75) is 51.2 Å². The van der Waals surface area contributed by atoms with E-state index in [-0.39, 0.29) is 23.5 Å². The van der Waals surface area contributed by atoms with Gasteiger partial charge >= 0.3 is 0 Å². The lowest BCUT2D eigenvalue weighted by Crippen LogP contribution is -2.50. The van der Waals surface area contributed by atoms with E-state index in [2.05, 4.69) is 34.5 Å². The molecule has 2 atom stereocenters. The quantitative estimate of drug-likeness (QED) is 0.842. The van der Waals surface area contributed by atoms with Crippen molar-refractivity contribution in [2.24, 2.45) is 0 Å². The van der Waals surface area contributed by atoms with E-state index in [1.165, 1.54) is 5.56 Å². The molecule has 0 radical (unpaired) electrons. The minimum absolute atomic E-state index is 0.0841. The van der Waals surface area contributed by atoms with Crippen LogP contribution in [-0.2, 0) is 4.79 Å². The Balaban J connectivity index is 1.95. The maximum atomic E-state index is 12.9. The Morgan fingerprint density at radius 1 is 1.04 bits per heavy atom. The summed E-state index contributed by atoms with van der Waals surface area (Å²) in [5, 5.41) is 3.84. The second kappa shape index (κ2) is 7.09. The van der Waals surface area contributed by atoms with Gasteiger partial charge in [-0.3, -0.25) is 4.79 Å². The van der Waals surface area contributed by atoms with Crippen LogP contribution in [0.4, 0.5) is 5.69 Å². The molecule has 3 rings (SSSR count). The zero-order chi connectivity index (χ0) is 18.0. The Hall–Kier alpha value is -2.00. The van der Waals surface area contributed by atoms with Gasteiger partial charge in [-0.05, 0) is 63.4 Å². The number of benzene rings is 2. The van der Waals surface area contributed by atoms with Crippen LogP contribution in [0.1, 0.15) is 45.2 Å². The van der Waals surface area contributed by atoms with Crippen molar-refractivity contribution < 1.29 is 4.79 Å². The first-order chi connectivity index (χ1) is 11.8. The summed E-state index contributed by atoms with van der Waals surface area (Å²) in [4.78, 5) is 15.2. The lowest BCUT2D eigenvalue weighted by Gasteiger charge is -2.34. The largest absolute Gasteiger partial charge is 0.352 e. The molecule has 25 heavy (non-hydrogen) atoms. The van der Waals surface area contributed by atoms with Crippen LogP contribution in [0.25, 0.3) is 0 Å². The van der Waals surface area contributed by atoms with Crippen molar-refractivity contribution in [2.75, 3.05) is 4.90 Å². The van der Waals surface area contributed by atoms with Crippen molar-refractivity contribution in [1.82, 2.24) is 5.32 Å². The number of rotatable bonds is 3. The molecule has 0 aliphatic carbocycles. The van der Waals surface area contributed by atoms with Gasteiger partial charge in [-0.1, -0.05) is 41.9 Å². The molecule has 1 amide bonds. The lowest BCUT2D eigenvalue weighted by molar-refractivity contribution is -0.123. The van der Waals surface area contributed by atoms with Crippen molar-refractivity contribution in [1.29, 1.82) is 0 Å². The van der Waals surface area contributed by atoms with Gasteiger partial charge in [0.15, 0.2) is 0 Å². The standard InChI is InChI=1S/C21H25ClN2O/c1-21(2,3)23-20(25)19-14-13-18(15-7-5-4-6-8-15)24(19)17-11-9-16(22)10-12-17/h4-12,18-19H,13-14H2,1-3H3,(H,23,25). The predicted molar refractivity (Wildman–Crippen MR) is 104 cm³/mol. The molecule has 0 aromatic heterocycles. The highest BCUT2D eigenvalue weighted by Crippen LogP contribution is 2.40. The maximum Gasteiger partial charge on any atom is 0.243 e. The Morgan fingerprint density at radius 3 is 2.28 bits per heavy atom. The van der Waals surface area contributed by atoms with Crippen molar-refractivity contribution in [3.63, 3.8) is 0 Å². The van der Waals surface area contributed by atoms with Gasteiger partial charge in [0.25, 0.3) is 0 Å². The SMILES string of the molecule is CC(C)(C)NC(=O)C1CCC(c2ccccc2)N1c1ccc(Cl)cc1. The van der Waals surface area contributed by atoms with E-state index in [0.717, 1.165) is 18.5 Å². The van der Waals surface area contributed by atoms with Crippen LogP contribution in [0, 0.1) is 0 Å². The molecule has 1 heterocycles. The topological polar surface area (TPSA) is 32.3 Å². The molecule has 1 N–H and O–H groups in total. The molecule has 132 valence electrons. The first-order valence-electron chi connectivity index (χ1n) is 8.76. The van der Waals surface area contributed by atoms with Gasteiger partial charge in [-0.25, -0.2) is 0 Å². The van der Waals surface area contributed by atoms with Gasteiger partial charge in [0.2, 0.25) is 5.91 Å². The smallest absolute Gasteiger partial charge is 0.243 e. The summed E-state index contributed by atoms with van der Waals surface area (Å²) in [5.74, 6) is 0.0841. The third-order valence-electron chi connectivity index (χ3n) is 4.50. The predicted octanol–water partition coefficient (Wildman–Crippen LogP) is 4.96. The molecule has 1 aliphatic rings. The third-order valence-corrected chi connectivity index (χ3v) is 4.75. The molecular formula is C21H25ClN2O. The van der Waals surface area contributed by atoms with E-state index in [1.807, 2.05) is 51.1 Å². The maximum absolute atomic E-state index is 12.9. The summed E-state index contributed by atoms with van der Waals surface area (Å²) in [5.41, 5.74) is 2.03.